The Morgan fingerprint density at radius 1 is 1.07 bits per heavy atom. The van der Waals surface area contributed by atoms with Gasteiger partial charge in [0.25, 0.3) is 5.91 Å². The largest absolute Gasteiger partial charge is 0.452 e. The highest BCUT2D eigenvalue weighted by Crippen LogP contribution is 2.30. The Bertz CT molecular complexity index is 865. The molecule has 2 amide bonds. The van der Waals surface area contributed by atoms with Crippen LogP contribution in [-0.2, 0) is 20.9 Å². The molecule has 1 saturated carbocycles. The molecule has 1 aliphatic carbocycles. The smallest absolute Gasteiger partial charge is 0.341 e. The van der Waals surface area contributed by atoms with Crippen LogP contribution in [0.15, 0.2) is 48.5 Å². The van der Waals surface area contributed by atoms with E-state index in [0.717, 1.165) is 24.5 Å². The van der Waals surface area contributed by atoms with Crippen LogP contribution in [0.25, 0.3) is 0 Å². The van der Waals surface area contributed by atoms with E-state index in [2.05, 4.69) is 10.6 Å². The van der Waals surface area contributed by atoms with Crippen molar-refractivity contribution in [3.63, 3.8) is 0 Å². The molecule has 0 saturated heterocycles. The summed E-state index contributed by atoms with van der Waals surface area (Å²) in [5, 5.41) is 5.45. The van der Waals surface area contributed by atoms with Crippen LogP contribution < -0.4 is 10.6 Å². The van der Waals surface area contributed by atoms with Crippen molar-refractivity contribution in [1.82, 2.24) is 5.32 Å². The van der Waals surface area contributed by atoms with Crippen LogP contribution in [0.1, 0.15) is 28.8 Å². The van der Waals surface area contributed by atoms with Crippen molar-refractivity contribution in [2.24, 2.45) is 5.92 Å². The van der Waals surface area contributed by atoms with Crippen LogP contribution >= 0.6 is 0 Å². The molecule has 140 valence electrons. The van der Waals surface area contributed by atoms with Crippen LogP contribution in [0, 0.1) is 11.7 Å². The summed E-state index contributed by atoms with van der Waals surface area (Å²) in [5.41, 5.74) is 1.24. The van der Waals surface area contributed by atoms with Gasteiger partial charge >= 0.3 is 5.97 Å². The molecule has 0 atom stereocenters. The zero-order valence-corrected chi connectivity index (χ0v) is 14.5. The number of ether oxygens (including phenoxy) is 1. The Hall–Kier alpha value is -3.22. The molecule has 0 aromatic heterocycles. The number of anilines is 1. The fourth-order valence-corrected chi connectivity index (χ4v) is 2.44. The van der Waals surface area contributed by atoms with Crippen LogP contribution in [0.2, 0.25) is 0 Å². The molecule has 6 nitrogen and oxygen atoms in total. The SMILES string of the molecule is O=C(COC(=O)c1ccccc1F)NCc1cccc(NC(=O)C2CC2)c1. The first-order valence-electron chi connectivity index (χ1n) is 8.61. The lowest BCUT2D eigenvalue weighted by atomic mass is 10.2. The zero-order valence-electron chi connectivity index (χ0n) is 14.5. The number of hydrogen-bond donors (Lipinski definition) is 2. The molecule has 1 aliphatic rings. The summed E-state index contributed by atoms with van der Waals surface area (Å²) in [6.45, 7) is -0.297. The standard InChI is InChI=1S/C20H19FN2O4/c21-17-7-2-1-6-16(17)20(26)27-12-18(24)22-11-13-4-3-5-15(10-13)23-19(25)14-8-9-14/h1-7,10,14H,8-9,11-12H2,(H,22,24)(H,23,25). The lowest BCUT2D eigenvalue weighted by Gasteiger charge is -2.09. The maximum atomic E-state index is 13.5. The van der Waals surface area contributed by atoms with Crippen molar-refractivity contribution in [3.05, 3.63) is 65.5 Å². The van der Waals surface area contributed by atoms with Crippen LogP contribution in [0.5, 0.6) is 0 Å². The summed E-state index contributed by atoms with van der Waals surface area (Å²) in [5.74, 6) is -1.98. The number of esters is 1. The fraction of sp³-hybridized carbons (Fsp3) is 0.250. The maximum absolute atomic E-state index is 13.5. The van der Waals surface area contributed by atoms with E-state index in [0.29, 0.717) is 5.69 Å². The van der Waals surface area contributed by atoms with Gasteiger partial charge in [-0.25, -0.2) is 9.18 Å². The van der Waals surface area contributed by atoms with Gasteiger partial charge in [-0.15, -0.1) is 0 Å². The van der Waals surface area contributed by atoms with Crippen molar-refractivity contribution in [3.8, 4) is 0 Å². The quantitative estimate of drug-likeness (QED) is 0.734. The monoisotopic (exact) mass is 370 g/mol. The minimum Gasteiger partial charge on any atom is -0.452 e. The van der Waals surface area contributed by atoms with E-state index in [-0.39, 0.29) is 23.9 Å². The number of amides is 2. The summed E-state index contributed by atoms with van der Waals surface area (Å²) in [6.07, 6.45) is 1.85. The molecule has 0 radical (unpaired) electrons. The van der Waals surface area contributed by atoms with Gasteiger partial charge in [-0.3, -0.25) is 9.59 Å². The van der Waals surface area contributed by atoms with E-state index in [9.17, 15) is 18.8 Å². The van der Waals surface area contributed by atoms with Crippen molar-refractivity contribution < 1.29 is 23.5 Å². The van der Waals surface area contributed by atoms with Crippen LogP contribution in [-0.4, -0.2) is 24.4 Å². The molecule has 2 aromatic carbocycles. The van der Waals surface area contributed by atoms with E-state index < -0.39 is 24.3 Å². The average Bonchev–Trinajstić information content (AvgIpc) is 3.50. The highest BCUT2D eigenvalue weighted by molar-refractivity contribution is 5.94. The molecule has 0 heterocycles. The summed E-state index contributed by atoms with van der Waals surface area (Å²) in [4.78, 5) is 35.4. The Balaban J connectivity index is 1.45. The van der Waals surface area contributed by atoms with Gasteiger partial charge in [-0.1, -0.05) is 24.3 Å². The third-order valence-corrected chi connectivity index (χ3v) is 4.06. The molecular formula is C20H19FN2O4. The topological polar surface area (TPSA) is 84.5 Å². The Morgan fingerprint density at radius 2 is 1.85 bits per heavy atom. The highest BCUT2D eigenvalue weighted by Gasteiger charge is 2.29. The fourth-order valence-electron chi connectivity index (χ4n) is 2.44. The van der Waals surface area contributed by atoms with Crippen molar-refractivity contribution in [1.29, 1.82) is 0 Å². The van der Waals surface area contributed by atoms with Crippen molar-refractivity contribution in [2.45, 2.75) is 19.4 Å². The number of rotatable bonds is 7. The Kier molecular flexibility index (Phi) is 5.80. The molecule has 2 aromatic rings. The van der Waals surface area contributed by atoms with Gasteiger partial charge in [0.05, 0.1) is 5.56 Å². The number of halogens is 1. The minimum absolute atomic E-state index is 0.0104. The number of nitrogens with one attached hydrogen (secondary N) is 2. The van der Waals surface area contributed by atoms with E-state index in [4.69, 9.17) is 4.74 Å². The molecule has 27 heavy (non-hydrogen) atoms. The Labute approximate surface area is 155 Å². The molecule has 0 unspecified atom stereocenters. The third kappa shape index (κ3) is 5.37. The van der Waals surface area contributed by atoms with E-state index >= 15 is 0 Å². The second kappa shape index (κ2) is 8.44. The summed E-state index contributed by atoms with van der Waals surface area (Å²) >= 11 is 0. The van der Waals surface area contributed by atoms with E-state index in [1.165, 1.54) is 18.2 Å². The van der Waals surface area contributed by atoms with Crippen LogP contribution in [0.3, 0.4) is 0 Å². The first-order valence-corrected chi connectivity index (χ1v) is 8.61. The number of benzene rings is 2. The minimum atomic E-state index is -0.895. The molecule has 0 aliphatic heterocycles. The average molecular weight is 370 g/mol. The normalized spacial score (nSPS) is 12.9. The number of hydrogen-bond acceptors (Lipinski definition) is 4. The highest BCUT2D eigenvalue weighted by atomic mass is 19.1. The van der Waals surface area contributed by atoms with Crippen molar-refractivity contribution in [2.75, 3.05) is 11.9 Å². The van der Waals surface area contributed by atoms with Crippen molar-refractivity contribution >= 4 is 23.5 Å². The molecule has 0 bridgehead atoms. The summed E-state index contributed by atoms with van der Waals surface area (Å²) < 4.78 is 18.3. The summed E-state index contributed by atoms with van der Waals surface area (Å²) in [7, 11) is 0. The molecule has 0 spiro atoms. The molecule has 7 heteroatoms. The zero-order chi connectivity index (χ0) is 19.2. The van der Waals surface area contributed by atoms with Crippen LogP contribution in [0.4, 0.5) is 10.1 Å². The molecule has 3 rings (SSSR count). The number of carbonyl (C=O) groups is 3. The predicted octanol–water partition coefficient (Wildman–Crippen LogP) is 2.65. The first kappa shape index (κ1) is 18.6. The first-order chi connectivity index (χ1) is 13.0. The second-order valence-electron chi connectivity index (χ2n) is 6.30. The third-order valence-electron chi connectivity index (χ3n) is 4.06. The molecular weight excluding hydrogens is 351 g/mol. The molecule has 2 N–H and O–H groups in total. The van der Waals surface area contributed by atoms with Gasteiger partial charge in [0, 0.05) is 18.2 Å². The second-order valence-corrected chi connectivity index (χ2v) is 6.30. The van der Waals surface area contributed by atoms with E-state index in [1.54, 1.807) is 24.3 Å². The Morgan fingerprint density at radius 3 is 2.59 bits per heavy atom. The lowest BCUT2D eigenvalue weighted by molar-refractivity contribution is -0.124. The van der Waals surface area contributed by atoms with E-state index in [1.807, 2.05) is 0 Å². The lowest BCUT2D eigenvalue weighted by Crippen LogP contribution is -2.28. The molecule has 1 fully saturated rings. The van der Waals surface area contributed by atoms with Gasteiger partial charge in [0.15, 0.2) is 6.61 Å². The van der Waals surface area contributed by atoms with Gasteiger partial charge in [0.2, 0.25) is 5.91 Å². The van der Waals surface area contributed by atoms with Gasteiger partial charge in [0.1, 0.15) is 5.82 Å². The summed E-state index contributed by atoms with van der Waals surface area (Å²) in [6, 6.07) is 12.5. The van der Waals surface area contributed by atoms with Gasteiger partial charge in [-0.05, 0) is 42.7 Å². The van der Waals surface area contributed by atoms with Gasteiger partial charge < -0.3 is 15.4 Å². The predicted molar refractivity (Wildman–Crippen MR) is 96.3 cm³/mol. The number of carbonyl (C=O) groups excluding carboxylic acids is 3. The van der Waals surface area contributed by atoms with Gasteiger partial charge in [-0.2, -0.15) is 0 Å². The maximum Gasteiger partial charge on any atom is 0.341 e.